The second kappa shape index (κ2) is 6.97. The largest absolute Gasteiger partial charge is 0.338 e. The topological polar surface area (TPSA) is 40.6 Å². The highest BCUT2D eigenvalue weighted by molar-refractivity contribution is 6.30. The number of likely N-dealkylation sites (tertiary alicyclic amines) is 2. The van der Waals surface area contributed by atoms with Crippen molar-refractivity contribution in [1.82, 2.24) is 9.80 Å². The molecule has 0 aromatic heterocycles. The molecule has 0 bridgehead atoms. The lowest BCUT2D eigenvalue weighted by molar-refractivity contribution is -0.130. The van der Waals surface area contributed by atoms with Gasteiger partial charge in [0, 0.05) is 44.0 Å². The van der Waals surface area contributed by atoms with Crippen LogP contribution in [0.1, 0.15) is 28.9 Å². The van der Waals surface area contributed by atoms with Crippen LogP contribution in [-0.2, 0) is 4.79 Å². The summed E-state index contributed by atoms with van der Waals surface area (Å²) >= 11 is 5.72. The summed E-state index contributed by atoms with van der Waals surface area (Å²) in [7, 11) is 0. The maximum atomic E-state index is 13.7. The van der Waals surface area contributed by atoms with Crippen molar-refractivity contribution in [2.45, 2.75) is 13.0 Å². The molecule has 0 N–H and O–H groups in total. The number of hydrogen-bond donors (Lipinski definition) is 0. The van der Waals surface area contributed by atoms with Gasteiger partial charge in [0.05, 0.1) is 11.1 Å². The third-order valence-corrected chi connectivity index (χ3v) is 5.97. The lowest BCUT2D eigenvalue weighted by Crippen LogP contribution is -2.36. The van der Waals surface area contributed by atoms with Crippen LogP contribution in [0, 0.1) is 17.7 Å². The minimum Gasteiger partial charge on any atom is -0.338 e. The fraction of sp³-hybridized carbons (Fsp3) is 0.333. The molecule has 4 nitrogen and oxygen atoms in total. The number of hydrogen-bond acceptors (Lipinski definition) is 2. The zero-order chi connectivity index (χ0) is 19.1. The number of nitrogens with zero attached hydrogens (tertiary/aromatic N) is 2. The van der Waals surface area contributed by atoms with Gasteiger partial charge in [0.2, 0.25) is 5.91 Å². The van der Waals surface area contributed by atoms with Crippen LogP contribution in [0.3, 0.4) is 0 Å². The first-order valence-corrected chi connectivity index (χ1v) is 9.40. The Kier molecular flexibility index (Phi) is 4.64. The Morgan fingerprint density at radius 2 is 1.81 bits per heavy atom. The molecular weight excluding hydrogens is 367 g/mol. The lowest BCUT2D eigenvalue weighted by Gasteiger charge is -2.29. The van der Waals surface area contributed by atoms with E-state index in [-0.39, 0.29) is 34.7 Å². The molecule has 2 heterocycles. The first-order chi connectivity index (χ1) is 13.0. The average molecular weight is 387 g/mol. The van der Waals surface area contributed by atoms with Crippen LogP contribution in [0.5, 0.6) is 0 Å². The van der Waals surface area contributed by atoms with Gasteiger partial charge < -0.3 is 9.80 Å². The van der Waals surface area contributed by atoms with Crippen molar-refractivity contribution in [3.05, 3.63) is 70.5 Å². The fourth-order valence-electron chi connectivity index (χ4n) is 4.42. The van der Waals surface area contributed by atoms with Gasteiger partial charge in [-0.2, -0.15) is 0 Å². The minimum atomic E-state index is -0.591. The van der Waals surface area contributed by atoms with Crippen LogP contribution >= 0.6 is 11.6 Å². The molecule has 2 fully saturated rings. The van der Waals surface area contributed by atoms with E-state index in [1.54, 1.807) is 17.9 Å². The van der Waals surface area contributed by atoms with Gasteiger partial charge in [0.15, 0.2) is 0 Å². The lowest BCUT2D eigenvalue weighted by atomic mass is 9.89. The standard InChI is InChI=1S/C21H20ClFN2O2/c1-13(26)25-11-16-10-24(21(27)15-7-8-18(22)19(23)9-15)12-17(16)20(25)14-5-3-2-4-6-14/h2-9,16-17,20H,10-12H2,1H3/t16-,17-,20-/m1/s1. The highest BCUT2D eigenvalue weighted by Gasteiger charge is 2.49. The zero-order valence-corrected chi connectivity index (χ0v) is 15.7. The number of amides is 2. The molecule has 0 saturated carbocycles. The molecule has 6 heteroatoms. The van der Waals surface area contributed by atoms with E-state index in [0.717, 1.165) is 5.56 Å². The van der Waals surface area contributed by atoms with Crippen LogP contribution in [-0.4, -0.2) is 41.2 Å². The van der Waals surface area contributed by atoms with Crippen LogP contribution in [0.2, 0.25) is 5.02 Å². The molecule has 2 aromatic rings. The van der Waals surface area contributed by atoms with Gasteiger partial charge >= 0.3 is 0 Å². The van der Waals surface area contributed by atoms with Crippen LogP contribution < -0.4 is 0 Å². The number of rotatable bonds is 2. The summed E-state index contributed by atoms with van der Waals surface area (Å²) in [6.45, 7) is 3.35. The Morgan fingerprint density at radius 3 is 2.48 bits per heavy atom. The van der Waals surface area contributed by atoms with Gasteiger partial charge in [-0.25, -0.2) is 4.39 Å². The number of fused-ring (bicyclic) bond motifs is 1. The number of halogens is 2. The molecule has 4 rings (SSSR count). The smallest absolute Gasteiger partial charge is 0.253 e. The second-order valence-electron chi connectivity index (χ2n) is 7.29. The predicted octanol–water partition coefficient (Wildman–Crippen LogP) is 3.77. The normalized spacial score (nSPS) is 24.2. The molecular formula is C21H20ClFN2O2. The van der Waals surface area contributed by atoms with E-state index in [1.807, 2.05) is 35.2 Å². The summed E-state index contributed by atoms with van der Waals surface area (Å²) in [4.78, 5) is 28.7. The van der Waals surface area contributed by atoms with Gasteiger partial charge in [-0.15, -0.1) is 0 Å². The van der Waals surface area contributed by atoms with E-state index in [0.29, 0.717) is 25.2 Å². The Hall–Kier alpha value is -2.40. The number of benzene rings is 2. The van der Waals surface area contributed by atoms with Crippen LogP contribution in [0.15, 0.2) is 48.5 Å². The Labute approximate surface area is 162 Å². The summed E-state index contributed by atoms with van der Waals surface area (Å²) in [5.41, 5.74) is 1.39. The predicted molar refractivity (Wildman–Crippen MR) is 101 cm³/mol. The molecule has 2 aromatic carbocycles. The highest BCUT2D eigenvalue weighted by atomic mass is 35.5. The molecule has 140 valence electrons. The molecule has 2 amide bonds. The third-order valence-electron chi connectivity index (χ3n) is 5.66. The minimum absolute atomic E-state index is 0.00563. The Bertz CT molecular complexity index is 889. The number of carbonyl (C=O) groups is 2. The van der Waals surface area contributed by atoms with E-state index in [4.69, 9.17) is 11.6 Å². The number of carbonyl (C=O) groups excluding carboxylic acids is 2. The summed E-state index contributed by atoms with van der Waals surface area (Å²) in [5, 5.41) is 0.00563. The van der Waals surface area contributed by atoms with Crippen molar-refractivity contribution in [3.8, 4) is 0 Å². The van der Waals surface area contributed by atoms with Crippen LogP contribution in [0.4, 0.5) is 4.39 Å². The quantitative estimate of drug-likeness (QED) is 0.788. The Morgan fingerprint density at radius 1 is 1.07 bits per heavy atom. The monoisotopic (exact) mass is 386 g/mol. The van der Waals surface area contributed by atoms with Crippen molar-refractivity contribution in [2.24, 2.45) is 11.8 Å². The average Bonchev–Trinajstić information content (AvgIpc) is 3.22. The van der Waals surface area contributed by atoms with Crippen molar-refractivity contribution in [2.75, 3.05) is 19.6 Å². The van der Waals surface area contributed by atoms with Gasteiger partial charge in [-0.1, -0.05) is 41.9 Å². The fourth-order valence-corrected chi connectivity index (χ4v) is 4.54. The van der Waals surface area contributed by atoms with Gasteiger partial charge in [0.1, 0.15) is 5.82 Å². The Balaban J connectivity index is 1.58. The second-order valence-corrected chi connectivity index (χ2v) is 7.70. The maximum absolute atomic E-state index is 13.7. The van der Waals surface area contributed by atoms with E-state index in [1.165, 1.54) is 12.1 Å². The van der Waals surface area contributed by atoms with E-state index < -0.39 is 5.82 Å². The molecule has 0 spiro atoms. The first-order valence-electron chi connectivity index (χ1n) is 9.02. The SMILES string of the molecule is CC(=O)N1C[C@H]2CN(C(=O)c3ccc(Cl)c(F)c3)C[C@H]2[C@H]1c1ccccc1. The first kappa shape index (κ1) is 18.0. The van der Waals surface area contributed by atoms with E-state index in [2.05, 4.69) is 0 Å². The van der Waals surface area contributed by atoms with Crippen molar-refractivity contribution in [3.63, 3.8) is 0 Å². The molecule has 2 aliphatic rings. The third kappa shape index (κ3) is 3.21. The molecule has 0 aliphatic carbocycles. The van der Waals surface area contributed by atoms with Crippen LogP contribution in [0.25, 0.3) is 0 Å². The van der Waals surface area contributed by atoms with Gasteiger partial charge in [0.25, 0.3) is 5.91 Å². The summed E-state index contributed by atoms with van der Waals surface area (Å²) in [6.07, 6.45) is 0. The van der Waals surface area contributed by atoms with Crippen molar-refractivity contribution in [1.29, 1.82) is 0 Å². The molecule has 2 saturated heterocycles. The molecule has 0 radical (unpaired) electrons. The maximum Gasteiger partial charge on any atom is 0.253 e. The van der Waals surface area contributed by atoms with Gasteiger partial charge in [-0.3, -0.25) is 9.59 Å². The highest BCUT2D eigenvalue weighted by Crippen LogP contribution is 2.45. The summed E-state index contributed by atoms with van der Waals surface area (Å²) < 4.78 is 13.7. The molecule has 2 aliphatic heterocycles. The molecule has 27 heavy (non-hydrogen) atoms. The molecule has 3 atom stereocenters. The zero-order valence-electron chi connectivity index (χ0n) is 14.9. The van der Waals surface area contributed by atoms with E-state index in [9.17, 15) is 14.0 Å². The van der Waals surface area contributed by atoms with Crippen molar-refractivity contribution < 1.29 is 14.0 Å². The van der Waals surface area contributed by atoms with Gasteiger partial charge in [-0.05, 0) is 23.8 Å². The van der Waals surface area contributed by atoms with Crippen molar-refractivity contribution >= 4 is 23.4 Å². The summed E-state index contributed by atoms with van der Waals surface area (Å²) in [6, 6.07) is 14.1. The summed E-state index contributed by atoms with van der Waals surface area (Å²) in [5.74, 6) is -0.332. The molecule has 0 unspecified atom stereocenters. The van der Waals surface area contributed by atoms with E-state index >= 15 is 0 Å².